The first-order valence-electron chi connectivity index (χ1n) is 11.1. The van der Waals surface area contributed by atoms with Crippen LogP contribution in [0.1, 0.15) is 0 Å². The third-order valence-electron chi connectivity index (χ3n) is 5.72. The lowest BCUT2D eigenvalue weighted by Gasteiger charge is -2.28. The van der Waals surface area contributed by atoms with E-state index in [4.69, 9.17) is 9.72 Å². The van der Waals surface area contributed by atoms with Gasteiger partial charge in [-0.2, -0.15) is 9.97 Å². The summed E-state index contributed by atoms with van der Waals surface area (Å²) in [6, 6.07) is 16.3. The van der Waals surface area contributed by atoms with E-state index in [1.54, 1.807) is 18.9 Å². The van der Waals surface area contributed by atoms with Gasteiger partial charge in [-0.3, -0.25) is 0 Å². The zero-order chi connectivity index (χ0) is 22.7. The van der Waals surface area contributed by atoms with Crippen molar-refractivity contribution in [1.82, 2.24) is 29.5 Å². The average Bonchev–Trinajstić information content (AvgIpc) is 3.58. The molecule has 4 heterocycles. The van der Waals surface area contributed by atoms with Crippen LogP contribution in [0.5, 0.6) is 0 Å². The fraction of sp³-hybridized carbons (Fsp3) is 0.167. The van der Waals surface area contributed by atoms with E-state index in [2.05, 4.69) is 59.7 Å². The van der Waals surface area contributed by atoms with Crippen LogP contribution in [0.2, 0.25) is 0 Å². The molecule has 1 saturated heterocycles. The van der Waals surface area contributed by atoms with Gasteiger partial charge in [0.2, 0.25) is 5.95 Å². The maximum absolute atomic E-state index is 5.45. The van der Waals surface area contributed by atoms with Crippen LogP contribution >= 0.6 is 0 Å². The highest BCUT2D eigenvalue weighted by Crippen LogP contribution is 2.26. The molecule has 0 amide bonds. The average molecular weight is 454 g/mol. The molecule has 0 atom stereocenters. The van der Waals surface area contributed by atoms with Crippen molar-refractivity contribution in [2.24, 2.45) is 0 Å². The summed E-state index contributed by atoms with van der Waals surface area (Å²) >= 11 is 0. The van der Waals surface area contributed by atoms with E-state index < -0.39 is 0 Å². The highest BCUT2D eigenvalue weighted by Gasteiger charge is 2.13. The highest BCUT2D eigenvalue weighted by molar-refractivity contribution is 5.86. The van der Waals surface area contributed by atoms with Gasteiger partial charge in [-0.05, 0) is 48.5 Å². The Kier molecular flexibility index (Phi) is 5.24. The van der Waals surface area contributed by atoms with Crippen molar-refractivity contribution < 1.29 is 4.74 Å². The first-order chi connectivity index (χ1) is 16.8. The molecule has 170 valence electrons. The molecule has 5 aromatic rings. The minimum atomic E-state index is 0.461. The van der Waals surface area contributed by atoms with Gasteiger partial charge in [-0.25, -0.2) is 9.97 Å². The lowest BCUT2D eigenvalue weighted by atomic mass is 10.2. The highest BCUT2D eigenvalue weighted by atomic mass is 16.5. The maximum Gasteiger partial charge on any atom is 0.231 e. The molecule has 10 nitrogen and oxygen atoms in total. The van der Waals surface area contributed by atoms with Crippen LogP contribution in [0.3, 0.4) is 0 Å². The van der Waals surface area contributed by atoms with Crippen LogP contribution < -0.4 is 15.5 Å². The van der Waals surface area contributed by atoms with Gasteiger partial charge in [0, 0.05) is 48.2 Å². The number of aromatic nitrogens is 6. The fourth-order valence-corrected chi connectivity index (χ4v) is 3.95. The van der Waals surface area contributed by atoms with Crippen LogP contribution in [0.25, 0.3) is 16.9 Å². The summed E-state index contributed by atoms with van der Waals surface area (Å²) in [4.78, 5) is 23.1. The molecule has 1 fully saturated rings. The molecule has 2 aromatic carbocycles. The number of H-pyrrole nitrogens is 1. The molecule has 0 aliphatic carbocycles. The van der Waals surface area contributed by atoms with Crippen molar-refractivity contribution >= 4 is 40.0 Å². The van der Waals surface area contributed by atoms with E-state index in [-0.39, 0.29) is 0 Å². The Hall–Kier alpha value is -4.44. The van der Waals surface area contributed by atoms with Crippen molar-refractivity contribution in [3.05, 3.63) is 73.6 Å². The molecule has 6 rings (SSSR count). The van der Waals surface area contributed by atoms with Gasteiger partial charge in [0.05, 0.1) is 25.9 Å². The smallest absolute Gasteiger partial charge is 0.231 e. The van der Waals surface area contributed by atoms with E-state index in [9.17, 15) is 0 Å². The fourth-order valence-electron chi connectivity index (χ4n) is 3.95. The molecule has 0 radical (unpaired) electrons. The van der Waals surface area contributed by atoms with E-state index in [1.165, 1.54) is 5.69 Å². The number of morpholine rings is 1. The Labute approximate surface area is 195 Å². The Morgan fingerprint density at radius 2 is 1.59 bits per heavy atom. The largest absolute Gasteiger partial charge is 0.378 e. The van der Waals surface area contributed by atoms with Crippen molar-refractivity contribution in [2.75, 3.05) is 41.8 Å². The second kappa shape index (κ2) is 8.83. The van der Waals surface area contributed by atoms with E-state index in [1.807, 2.05) is 35.0 Å². The molecule has 10 heteroatoms. The zero-order valence-electron chi connectivity index (χ0n) is 18.3. The number of benzene rings is 2. The topological polar surface area (TPSA) is 109 Å². The minimum absolute atomic E-state index is 0.461. The molecular formula is C24H23N9O. The van der Waals surface area contributed by atoms with Gasteiger partial charge in [0.1, 0.15) is 5.52 Å². The normalized spacial score (nSPS) is 13.8. The molecule has 34 heavy (non-hydrogen) atoms. The van der Waals surface area contributed by atoms with E-state index in [0.29, 0.717) is 17.4 Å². The third kappa shape index (κ3) is 4.14. The van der Waals surface area contributed by atoms with Gasteiger partial charge in [-0.15, -0.1) is 0 Å². The van der Waals surface area contributed by atoms with Crippen LogP contribution in [0.4, 0.5) is 28.8 Å². The monoisotopic (exact) mass is 453 g/mol. The Morgan fingerprint density at radius 1 is 0.853 bits per heavy atom. The predicted molar refractivity (Wildman–Crippen MR) is 131 cm³/mol. The first kappa shape index (κ1) is 20.2. The zero-order valence-corrected chi connectivity index (χ0v) is 18.3. The van der Waals surface area contributed by atoms with E-state index >= 15 is 0 Å². The van der Waals surface area contributed by atoms with Crippen LogP contribution in [0, 0.1) is 0 Å². The summed E-state index contributed by atoms with van der Waals surface area (Å²) in [5.41, 5.74) is 5.35. The number of hydrogen-bond donors (Lipinski definition) is 3. The quantitative estimate of drug-likeness (QED) is 0.356. The molecule has 3 aromatic heterocycles. The van der Waals surface area contributed by atoms with Crippen molar-refractivity contribution in [3.8, 4) is 5.69 Å². The molecule has 1 aliphatic rings. The molecule has 0 saturated carbocycles. The predicted octanol–water partition coefficient (Wildman–Crippen LogP) is 3.86. The van der Waals surface area contributed by atoms with Gasteiger partial charge >= 0.3 is 0 Å². The number of rotatable bonds is 6. The van der Waals surface area contributed by atoms with E-state index in [0.717, 1.165) is 48.9 Å². The Morgan fingerprint density at radius 3 is 2.32 bits per heavy atom. The molecule has 1 aliphatic heterocycles. The molecular weight excluding hydrogens is 430 g/mol. The number of nitrogens with zero attached hydrogens (tertiary/aromatic N) is 6. The summed E-state index contributed by atoms with van der Waals surface area (Å²) in [6.07, 6.45) is 7.05. The van der Waals surface area contributed by atoms with Gasteiger partial charge in [0.25, 0.3) is 0 Å². The minimum Gasteiger partial charge on any atom is -0.378 e. The molecule has 0 spiro atoms. The van der Waals surface area contributed by atoms with Crippen molar-refractivity contribution in [3.63, 3.8) is 0 Å². The second-order valence-electron chi connectivity index (χ2n) is 7.91. The van der Waals surface area contributed by atoms with Gasteiger partial charge in [-0.1, -0.05) is 0 Å². The molecule has 0 unspecified atom stereocenters. The summed E-state index contributed by atoms with van der Waals surface area (Å²) in [6.45, 7) is 3.35. The number of ether oxygens (including phenoxy) is 1. The standard InChI is InChI=1S/C24H23N9O/c1-5-19(32-11-13-34-14-12-32)6-2-17(1)28-23-21-22(27-15-26-21)30-24(31-23)29-18-3-7-20(8-4-18)33-10-9-25-16-33/h1-10,15-16H,11-14H2,(H3,26,27,28,29,30,31). The first-order valence-corrected chi connectivity index (χ1v) is 11.1. The lowest BCUT2D eigenvalue weighted by Crippen LogP contribution is -2.36. The summed E-state index contributed by atoms with van der Waals surface area (Å²) in [5, 5.41) is 6.68. The molecule has 3 N–H and O–H groups in total. The number of imidazole rings is 2. The number of nitrogens with one attached hydrogen (secondary N) is 3. The number of hydrogen-bond acceptors (Lipinski definition) is 8. The Bertz CT molecular complexity index is 1370. The Balaban J connectivity index is 1.22. The number of anilines is 5. The number of fused-ring (bicyclic) bond motifs is 1. The number of aromatic amines is 1. The SMILES string of the molecule is c1cn(-c2ccc(Nc3nc(Nc4ccc(N5CCOCC5)cc4)c4[nH]cnc4n3)cc2)cn1. The maximum atomic E-state index is 5.45. The molecule has 0 bridgehead atoms. The van der Waals surface area contributed by atoms with Gasteiger partial charge < -0.3 is 29.8 Å². The third-order valence-corrected chi connectivity index (χ3v) is 5.72. The van der Waals surface area contributed by atoms with Crippen LogP contribution in [-0.4, -0.2) is 55.8 Å². The summed E-state index contributed by atoms with van der Waals surface area (Å²) in [7, 11) is 0. The second-order valence-corrected chi connectivity index (χ2v) is 7.91. The summed E-state index contributed by atoms with van der Waals surface area (Å²) in [5.74, 6) is 1.11. The summed E-state index contributed by atoms with van der Waals surface area (Å²) < 4.78 is 7.39. The lowest BCUT2D eigenvalue weighted by molar-refractivity contribution is 0.122. The van der Waals surface area contributed by atoms with Crippen molar-refractivity contribution in [1.29, 1.82) is 0 Å². The van der Waals surface area contributed by atoms with Gasteiger partial charge in [0.15, 0.2) is 11.5 Å². The van der Waals surface area contributed by atoms with Crippen molar-refractivity contribution in [2.45, 2.75) is 0 Å². The van der Waals surface area contributed by atoms with Crippen LogP contribution in [0.15, 0.2) is 73.6 Å². The van der Waals surface area contributed by atoms with Crippen LogP contribution in [-0.2, 0) is 4.74 Å².